The minimum absolute atomic E-state index is 0.649. The van der Waals surface area contributed by atoms with Crippen molar-refractivity contribution in [1.82, 2.24) is 4.98 Å². The molecule has 3 heteroatoms. The summed E-state index contributed by atoms with van der Waals surface area (Å²) >= 11 is 6.11. The molecule has 15 heavy (non-hydrogen) atoms. The van der Waals surface area contributed by atoms with E-state index in [1.54, 1.807) is 6.20 Å². The first-order valence-electron chi connectivity index (χ1n) is 4.65. The molecule has 1 heterocycles. The summed E-state index contributed by atoms with van der Waals surface area (Å²) in [7, 11) is 0. The van der Waals surface area contributed by atoms with Crippen molar-refractivity contribution < 1.29 is 0 Å². The third kappa shape index (κ3) is 1.95. The van der Waals surface area contributed by atoms with Crippen LogP contribution in [-0.4, -0.2) is 4.98 Å². The van der Waals surface area contributed by atoms with Gasteiger partial charge in [-0.3, -0.25) is 4.98 Å². The zero-order valence-corrected chi connectivity index (χ0v) is 9.12. The first-order valence-corrected chi connectivity index (χ1v) is 5.03. The van der Waals surface area contributed by atoms with Crippen LogP contribution in [0.5, 0.6) is 0 Å². The van der Waals surface area contributed by atoms with Crippen molar-refractivity contribution in [2.45, 2.75) is 6.92 Å². The molecule has 76 valence electrons. The summed E-state index contributed by atoms with van der Waals surface area (Å²) in [6.45, 7) is 1.94. The van der Waals surface area contributed by atoms with Gasteiger partial charge < -0.3 is 5.73 Å². The molecule has 0 aliphatic heterocycles. The van der Waals surface area contributed by atoms with Gasteiger partial charge in [-0.05, 0) is 19.1 Å². The van der Waals surface area contributed by atoms with Gasteiger partial charge in [-0.2, -0.15) is 0 Å². The van der Waals surface area contributed by atoms with Crippen molar-refractivity contribution in [3.05, 3.63) is 47.2 Å². The van der Waals surface area contributed by atoms with Gasteiger partial charge in [0.05, 0.1) is 11.9 Å². The molecule has 2 aromatic rings. The third-order valence-electron chi connectivity index (χ3n) is 2.27. The number of halogens is 1. The summed E-state index contributed by atoms with van der Waals surface area (Å²) in [5.41, 5.74) is 9.24. The molecule has 0 atom stereocenters. The molecule has 0 fully saturated rings. The Bertz CT molecular complexity index is 495. The molecule has 0 amide bonds. The number of benzene rings is 1. The fourth-order valence-electron chi connectivity index (χ4n) is 1.50. The van der Waals surface area contributed by atoms with E-state index in [0.29, 0.717) is 10.7 Å². The van der Waals surface area contributed by atoms with Crippen LogP contribution in [0.1, 0.15) is 5.69 Å². The largest absolute Gasteiger partial charge is 0.397 e. The minimum atomic E-state index is 0.649. The van der Waals surface area contributed by atoms with Gasteiger partial charge in [-0.1, -0.05) is 29.8 Å². The Morgan fingerprint density at radius 3 is 2.67 bits per heavy atom. The quantitative estimate of drug-likeness (QED) is 0.798. The van der Waals surface area contributed by atoms with E-state index in [-0.39, 0.29) is 0 Å². The van der Waals surface area contributed by atoms with Gasteiger partial charge in [0.25, 0.3) is 0 Å². The number of nitrogen functional groups attached to an aromatic ring is 1. The van der Waals surface area contributed by atoms with Crippen LogP contribution in [-0.2, 0) is 0 Å². The maximum absolute atomic E-state index is 6.11. The summed E-state index contributed by atoms with van der Waals surface area (Å²) < 4.78 is 0. The molecule has 0 bridgehead atoms. The number of hydrogen-bond donors (Lipinski definition) is 1. The Morgan fingerprint density at radius 2 is 1.93 bits per heavy atom. The number of aryl methyl sites for hydroxylation is 1. The Labute approximate surface area is 93.7 Å². The molecular formula is C12H11ClN2. The highest BCUT2D eigenvalue weighted by Gasteiger charge is 2.06. The molecule has 0 saturated heterocycles. The molecule has 1 aromatic carbocycles. The van der Waals surface area contributed by atoms with Crippen molar-refractivity contribution in [1.29, 1.82) is 0 Å². The van der Waals surface area contributed by atoms with Gasteiger partial charge >= 0.3 is 0 Å². The van der Waals surface area contributed by atoms with Crippen LogP contribution in [0.25, 0.3) is 11.1 Å². The van der Waals surface area contributed by atoms with E-state index in [1.165, 1.54) is 0 Å². The zero-order valence-electron chi connectivity index (χ0n) is 8.37. The fourth-order valence-corrected chi connectivity index (χ4v) is 1.74. The van der Waals surface area contributed by atoms with Crippen LogP contribution < -0.4 is 5.73 Å². The van der Waals surface area contributed by atoms with Crippen molar-refractivity contribution in [3.8, 4) is 11.1 Å². The smallest absolute Gasteiger partial charge is 0.0507 e. The molecule has 0 aliphatic carbocycles. The summed E-state index contributed by atoms with van der Waals surface area (Å²) in [6, 6.07) is 9.57. The van der Waals surface area contributed by atoms with Gasteiger partial charge in [0, 0.05) is 21.8 Å². The molecule has 2 rings (SSSR count). The highest BCUT2D eigenvalue weighted by atomic mass is 35.5. The predicted octanol–water partition coefficient (Wildman–Crippen LogP) is 3.29. The number of nitrogens with zero attached hydrogens (tertiary/aromatic N) is 1. The normalized spacial score (nSPS) is 10.3. The molecular weight excluding hydrogens is 208 g/mol. The molecule has 0 unspecified atom stereocenters. The van der Waals surface area contributed by atoms with E-state index >= 15 is 0 Å². The number of rotatable bonds is 1. The number of nitrogens with two attached hydrogens (primary N) is 1. The van der Waals surface area contributed by atoms with Gasteiger partial charge in [0.1, 0.15) is 0 Å². The van der Waals surface area contributed by atoms with Crippen LogP contribution in [0.15, 0.2) is 36.5 Å². The van der Waals surface area contributed by atoms with Crippen LogP contribution >= 0.6 is 11.6 Å². The van der Waals surface area contributed by atoms with E-state index in [0.717, 1.165) is 16.8 Å². The molecule has 0 saturated carbocycles. The van der Waals surface area contributed by atoms with E-state index in [9.17, 15) is 0 Å². The van der Waals surface area contributed by atoms with E-state index in [4.69, 9.17) is 17.3 Å². The second kappa shape index (κ2) is 3.91. The van der Waals surface area contributed by atoms with Crippen LogP contribution in [0.3, 0.4) is 0 Å². The van der Waals surface area contributed by atoms with Crippen molar-refractivity contribution in [2.75, 3.05) is 5.73 Å². The lowest BCUT2D eigenvalue weighted by atomic mass is 10.0. The number of hydrogen-bond acceptors (Lipinski definition) is 2. The van der Waals surface area contributed by atoms with E-state index < -0.39 is 0 Å². The number of pyridine rings is 1. The lowest BCUT2D eigenvalue weighted by molar-refractivity contribution is 1.21. The maximum Gasteiger partial charge on any atom is 0.0507 e. The Kier molecular flexibility index (Phi) is 2.60. The zero-order chi connectivity index (χ0) is 10.8. The van der Waals surface area contributed by atoms with Crippen LogP contribution in [0, 0.1) is 6.92 Å². The van der Waals surface area contributed by atoms with Crippen molar-refractivity contribution in [2.24, 2.45) is 0 Å². The third-order valence-corrected chi connectivity index (χ3v) is 2.60. The Morgan fingerprint density at radius 1 is 1.20 bits per heavy atom. The minimum Gasteiger partial charge on any atom is -0.397 e. The summed E-state index contributed by atoms with van der Waals surface area (Å²) in [6.07, 6.45) is 1.65. The second-order valence-electron chi connectivity index (χ2n) is 3.38. The monoisotopic (exact) mass is 218 g/mol. The Balaban J connectivity index is 2.64. The molecule has 0 radical (unpaired) electrons. The molecule has 2 N–H and O–H groups in total. The predicted molar refractivity (Wildman–Crippen MR) is 63.8 cm³/mol. The summed E-state index contributed by atoms with van der Waals surface area (Å²) in [5.74, 6) is 0. The number of anilines is 1. The van der Waals surface area contributed by atoms with E-state index in [2.05, 4.69) is 4.98 Å². The molecule has 2 nitrogen and oxygen atoms in total. The van der Waals surface area contributed by atoms with E-state index in [1.807, 2.05) is 37.3 Å². The fraction of sp³-hybridized carbons (Fsp3) is 0.0833. The highest BCUT2D eigenvalue weighted by Crippen LogP contribution is 2.30. The second-order valence-corrected chi connectivity index (χ2v) is 3.79. The SMILES string of the molecule is Cc1ncc(N)cc1-c1ccccc1Cl. The van der Waals surface area contributed by atoms with Crippen molar-refractivity contribution in [3.63, 3.8) is 0 Å². The Hall–Kier alpha value is -1.54. The first-order chi connectivity index (χ1) is 7.18. The highest BCUT2D eigenvalue weighted by molar-refractivity contribution is 6.33. The standard InChI is InChI=1S/C12H11ClN2/c1-8-11(6-9(14)7-15-8)10-4-2-3-5-12(10)13/h2-7H,14H2,1H3. The average molecular weight is 219 g/mol. The maximum atomic E-state index is 6.11. The van der Waals surface area contributed by atoms with Gasteiger partial charge in [-0.25, -0.2) is 0 Å². The first kappa shape index (κ1) is 9.99. The van der Waals surface area contributed by atoms with Gasteiger partial charge in [-0.15, -0.1) is 0 Å². The van der Waals surface area contributed by atoms with Crippen LogP contribution in [0.2, 0.25) is 5.02 Å². The topological polar surface area (TPSA) is 38.9 Å². The average Bonchev–Trinajstić information content (AvgIpc) is 2.23. The summed E-state index contributed by atoms with van der Waals surface area (Å²) in [5, 5.41) is 0.716. The van der Waals surface area contributed by atoms with Crippen LogP contribution in [0.4, 0.5) is 5.69 Å². The lowest BCUT2D eigenvalue weighted by Gasteiger charge is -2.07. The van der Waals surface area contributed by atoms with Crippen molar-refractivity contribution >= 4 is 17.3 Å². The van der Waals surface area contributed by atoms with Gasteiger partial charge in [0.15, 0.2) is 0 Å². The van der Waals surface area contributed by atoms with Gasteiger partial charge in [0.2, 0.25) is 0 Å². The molecule has 0 aliphatic rings. The molecule has 1 aromatic heterocycles. The lowest BCUT2D eigenvalue weighted by Crippen LogP contribution is -1.92. The summed E-state index contributed by atoms with van der Waals surface area (Å²) in [4.78, 5) is 4.21. The number of aromatic nitrogens is 1. The molecule has 0 spiro atoms.